The van der Waals surface area contributed by atoms with Crippen molar-refractivity contribution in [3.05, 3.63) is 0 Å². The highest BCUT2D eigenvalue weighted by atomic mass is 32.2. The second-order valence-electron chi connectivity index (χ2n) is 6.28. The van der Waals surface area contributed by atoms with Gasteiger partial charge in [0.25, 0.3) is 0 Å². The van der Waals surface area contributed by atoms with E-state index in [1.165, 1.54) is 7.11 Å². The van der Waals surface area contributed by atoms with Crippen LogP contribution < -0.4 is 5.32 Å². The van der Waals surface area contributed by atoms with E-state index >= 15 is 0 Å². The second kappa shape index (κ2) is 6.02. The highest BCUT2D eigenvalue weighted by Gasteiger charge is 2.50. The number of carbonyl (C=O) groups is 1. The van der Waals surface area contributed by atoms with Gasteiger partial charge in [0.2, 0.25) is 0 Å². The summed E-state index contributed by atoms with van der Waals surface area (Å²) in [6, 6.07) is 0.0580. The lowest BCUT2D eigenvalue weighted by molar-refractivity contribution is -0.141. The summed E-state index contributed by atoms with van der Waals surface area (Å²) in [5, 5.41) is 2.85. The van der Waals surface area contributed by atoms with Crippen LogP contribution in [0.15, 0.2) is 0 Å². The van der Waals surface area contributed by atoms with E-state index in [0.29, 0.717) is 0 Å². The Hall–Kier alpha value is -0.620. The van der Waals surface area contributed by atoms with Gasteiger partial charge >= 0.3 is 5.97 Å². The van der Waals surface area contributed by atoms with Crippen molar-refractivity contribution >= 4 is 15.8 Å². The molecule has 0 aromatic rings. The number of methoxy groups -OCH3 is 1. The molecule has 0 amide bonds. The van der Waals surface area contributed by atoms with Gasteiger partial charge in [-0.25, -0.2) is 8.42 Å². The summed E-state index contributed by atoms with van der Waals surface area (Å²) >= 11 is 0. The van der Waals surface area contributed by atoms with Crippen molar-refractivity contribution in [1.29, 1.82) is 0 Å². The zero-order chi connectivity index (χ0) is 14.8. The fraction of sp³-hybridized carbons (Fsp3) is 0.929. The highest BCUT2D eigenvalue weighted by molar-refractivity contribution is 7.92. The van der Waals surface area contributed by atoms with E-state index in [1.54, 1.807) is 0 Å². The van der Waals surface area contributed by atoms with E-state index in [9.17, 15) is 13.2 Å². The molecule has 1 N–H and O–H groups in total. The normalized spacial score (nSPS) is 28.9. The van der Waals surface area contributed by atoms with Crippen molar-refractivity contribution in [1.82, 2.24) is 5.32 Å². The molecule has 0 saturated heterocycles. The van der Waals surface area contributed by atoms with Gasteiger partial charge in [0.1, 0.15) is 0 Å². The Kier molecular flexibility index (Phi) is 4.74. The zero-order valence-electron chi connectivity index (χ0n) is 12.4. The Morgan fingerprint density at radius 3 is 2.50 bits per heavy atom. The molecule has 0 aromatic heterocycles. The van der Waals surface area contributed by atoms with Gasteiger partial charge in [-0.05, 0) is 38.1 Å². The number of hydrogen-bond acceptors (Lipinski definition) is 5. The summed E-state index contributed by atoms with van der Waals surface area (Å²) in [5.41, 5.74) is -0.346. The molecule has 2 rings (SSSR count). The standard InChI is InChI=1S/C14H25NO4S/c1-15-11-5-3-4-6-12(11)20(17,18)10-14(7-8-14)9-13(16)19-2/h11-12,15H,3-10H2,1-2H3. The molecule has 0 aromatic carbocycles. The number of carbonyl (C=O) groups excluding carboxylic acids is 1. The van der Waals surface area contributed by atoms with E-state index in [1.807, 2.05) is 7.05 Å². The predicted molar refractivity (Wildman–Crippen MR) is 77.2 cm³/mol. The zero-order valence-corrected chi connectivity index (χ0v) is 13.2. The Bertz CT molecular complexity index is 456. The van der Waals surface area contributed by atoms with Crippen LogP contribution in [-0.4, -0.2) is 45.6 Å². The number of nitrogens with one attached hydrogen (secondary N) is 1. The maximum Gasteiger partial charge on any atom is 0.306 e. The molecule has 0 heterocycles. The number of ether oxygens (including phenoxy) is 1. The van der Waals surface area contributed by atoms with Crippen LogP contribution in [0.2, 0.25) is 0 Å². The van der Waals surface area contributed by atoms with Gasteiger partial charge in [-0.3, -0.25) is 4.79 Å². The first-order chi connectivity index (χ1) is 9.42. The van der Waals surface area contributed by atoms with Crippen LogP contribution in [-0.2, 0) is 19.4 Å². The minimum absolute atomic E-state index is 0.0580. The van der Waals surface area contributed by atoms with Crippen molar-refractivity contribution in [2.45, 2.75) is 56.2 Å². The maximum absolute atomic E-state index is 12.7. The number of hydrogen-bond donors (Lipinski definition) is 1. The van der Waals surface area contributed by atoms with E-state index < -0.39 is 9.84 Å². The molecular formula is C14H25NO4S. The number of rotatable bonds is 6. The maximum atomic E-state index is 12.7. The third kappa shape index (κ3) is 3.52. The Morgan fingerprint density at radius 2 is 1.95 bits per heavy atom. The summed E-state index contributed by atoms with van der Waals surface area (Å²) in [6.07, 6.45) is 5.60. The molecule has 2 aliphatic carbocycles. The molecule has 0 spiro atoms. The van der Waals surface area contributed by atoms with E-state index in [2.05, 4.69) is 10.1 Å². The van der Waals surface area contributed by atoms with Crippen molar-refractivity contribution in [3.63, 3.8) is 0 Å². The minimum Gasteiger partial charge on any atom is -0.469 e. The van der Waals surface area contributed by atoms with Crippen LogP contribution in [0.5, 0.6) is 0 Å². The Morgan fingerprint density at radius 1 is 1.30 bits per heavy atom. The van der Waals surface area contributed by atoms with Crippen molar-refractivity contribution in [3.8, 4) is 0 Å². The van der Waals surface area contributed by atoms with Gasteiger partial charge in [0.15, 0.2) is 9.84 Å². The van der Waals surface area contributed by atoms with Crippen LogP contribution in [0, 0.1) is 5.41 Å². The topological polar surface area (TPSA) is 72.5 Å². The molecule has 6 heteroatoms. The summed E-state index contributed by atoms with van der Waals surface area (Å²) in [4.78, 5) is 11.4. The van der Waals surface area contributed by atoms with E-state index in [-0.39, 0.29) is 34.8 Å². The van der Waals surface area contributed by atoms with Crippen LogP contribution in [0.25, 0.3) is 0 Å². The average molecular weight is 303 g/mol. The average Bonchev–Trinajstić information content (AvgIpc) is 3.16. The van der Waals surface area contributed by atoms with E-state index in [4.69, 9.17) is 0 Å². The molecule has 2 saturated carbocycles. The monoisotopic (exact) mass is 303 g/mol. The SMILES string of the molecule is CNC1CCCCC1S(=O)(=O)CC1(CC(=O)OC)CC1. The quantitative estimate of drug-likeness (QED) is 0.748. The molecule has 0 radical (unpaired) electrons. The molecule has 2 aliphatic rings. The summed E-state index contributed by atoms with van der Waals surface area (Å²) in [5.74, 6) is -0.163. The van der Waals surface area contributed by atoms with Crippen LogP contribution >= 0.6 is 0 Å². The lowest BCUT2D eigenvalue weighted by Gasteiger charge is -2.32. The van der Waals surface area contributed by atoms with Crippen LogP contribution in [0.4, 0.5) is 0 Å². The first-order valence-corrected chi connectivity index (χ1v) is 9.10. The Labute approximate surface area is 121 Å². The Balaban J connectivity index is 2.05. The molecule has 116 valence electrons. The van der Waals surface area contributed by atoms with Crippen LogP contribution in [0.1, 0.15) is 44.9 Å². The number of sulfone groups is 1. The van der Waals surface area contributed by atoms with Crippen molar-refractivity contribution < 1.29 is 17.9 Å². The fourth-order valence-electron chi connectivity index (χ4n) is 3.32. The van der Waals surface area contributed by atoms with Crippen molar-refractivity contribution in [2.75, 3.05) is 19.9 Å². The predicted octanol–water partition coefficient (Wildman–Crippen LogP) is 1.28. The highest BCUT2D eigenvalue weighted by Crippen LogP contribution is 2.50. The van der Waals surface area contributed by atoms with E-state index in [0.717, 1.165) is 38.5 Å². The van der Waals surface area contributed by atoms with Gasteiger partial charge in [-0.15, -0.1) is 0 Å². The van der Waals surface area contributed by atoms with Gasteiger partial charge in [0, 0.05) is 6.04 Å². The summed E-state index contributed by atoms with van der Waals surface area (Å²) in [6.45, 7) is 0. The summed E-state index contributed by atoms with van der Waals surface area (Å²) in [7, 11) is 0.0215. The minimum atomic E-state index is -3.16. The smallest absolute Gasteiger partial charge is 0.306 e. The molecular weight excluding hydrogens is 278 g/mol. The van der Waals surface area contributed by atoms with Gasteiger partial charge in [0.05, 0.1) is 24.5 Å². The third-order valence-corrected chi connectivity index (χ3v) is 7.25. The van der Waals surface area contributed by atoms with Crippen molar-refractivity contribution in [2.24, 2.45) is 5.41 Å². The fourth-order valence-corrected chi connectivity index (χ4v) is 6.07. The van der Waals surface area contributed by atoms with Gasteiger partial charge in [-0.2, -0.15) is 0 Å². The molecule has 0 aliphatic heterocycles. The molecule has 2 unspecified atom stereocenters. The largest absolute Gasteiger partial charge is 0.469 e. The molecule has 2 fully saturated rings. The third-order valence-electron chi connectivity index (χ3n) is 4.75. The second-order valence-corrected chi connectivity index (χ2v) is 8.50. The molecule has 5 nitrogen and oxygen atoms in total. The molecule has 2 atom stereocenters. The summed E-state index contributed by atoms with van der Waals surface area (Å²) < 4.78 is 30.1. The first-order valence-electron chi connectivity index (χ1n) is 7.38. The first kappa shape index (κ1) is 15.8. The number of esters is 1. The van der Waals surface area contributed by atoms with Crippen LogP contribution in [0.3, 0.4) is 0 Å². The van der Waals surface area contributed by atoms with Gasteiger partial charge < -0.3 is 10.1 Å². The molecule has 0 bridgehead atoms. The lowest BCUT2D eigenvalue weighted by Crippen LogP contribution is -2.46. The molecule has 20 heavy (non-hydrogen) atoms. The lowest BCUT2D eigenvalue weighted by atomic mass is 9.95. The van der Waals surface area contributed by atoms with Gasteiger partial charge in [-0.1, -0.05) is 12.8 Å².